The number of rotatable bonds is 7. The third kappa shape index (κ3) is 5.59. The molecule has 0 saturated carbocycles. The highest BCUT2D eigenvalue weighted by atomic mass is 35.5. The molecule has 0 aliphatic heterocycles. The summed E-state index contributed by atoms with van der Waals surface area (Å²) in [5.41, 5.74) is 1.92. The first-order chi connectivity index (χ1) is 14.1. The molecule has 0 heterocycles. The number of benzene rings is 3. The van der Waals surface area contributed by atoms with E-state index in [2.05, 4.69) is 10.6 Å². The number of carbonyl (C=O) groups excluding carboxylic acids is 2. The number of carbonyl (C=O) groups is 2. The van der Waals surface area contributed by atoms with Crippen LogP contribution in [0, 0.1) is 0 Å². The summed E-state index contributed by atoms with van der Waals surface area (Å²) >= 11 is 6.21. The normalized spacial score (nSPS) is 10.3. The summed E-state index contributed by atoms with van der Waals surface area (Å²) in [5.74, 6) is 0.0813. The van der Waals surface area contributed by atoms with E-state index in [-0.39, 0.29) is 11.8 Å². The van der Waals surface area contributed by atoms with Crippen molar-refractivity contribution in [1.82, 2.24) is 0 Å². The Labute approximate surface area is 174 Å². The van der Waals surface area contributed by atoms with E-state index in [4.69, 9.17) is 16.3 Å². The van der Waals surface area contributed by atoms with Crippen molar-refractivity contribution in [3.8, 4) is 5.75 Å². The molecular weight excluding hydrogens is 388 g/mol. The molecule has 3 aromatic rings. The van der Waals surface area contributed by atoms with Crippen LogP contribution in [0.4, 0.5) is 11.4 Å². The number of ether oxygens (including phenoxy) is 1. The first kappa shape index (κ1) is 20.4. The Kier molecular flexibility index (Phi) is 6.87. The molecule has 5 nitrogen and oxygen atoms in total. The molecule has 29 heavy (non-hydrogen) atoms. The SMILES string of the molecule is CCCOc1cccc(C(=O)Nc2ccc(Cl)c(NC(=O)c3ccccc3)c2)c1. The van der Waals surface area contributed by atoms with Crippen molar-refractivity contribution in [2.45, 2.75) is 13.3 Å². The first-order valence-corrected chi connectivity index (χ1v) is 9.65. The maximum Gasteiger partial charge on any atom is 0.255 e. The van der Waals surface area contributed by atoms with Gasteiger partial charge < -0.3 is 15.4 Å². The summed E-state index contributed by atoms with van der Waals surface area (Å²) in [6.45, 7) is 2.61. The standard InChI is InChI=1S/C23H21ClN2O3/c1-2-13-29-19-10-6-9-17(14-19)23(28)25-18-11-12-20(24)21(15-18)26-22(27)16-7-4-3-5-8-16/h3-12,14-15H,2,13H2,1H3,(H,25,28)(H,26,27). The van der Waals surface area contributed by atoms with Gasteiger partial charge in [-0.05, 0) is 55.0 Å². The largest absolute Gasteiger partial charge is 0.494 e. The van der Waals surface area contributed by atoms with Gasteiger partial charge in [-0.15, -0.1) is 0 Å². The van der Waals surface area contributed by atoms with Gasteiger partial charge in [0.25, 0.3) is 11.8 Å². The smallest absolute Gasteiger partial charge is 0.255 e. The van der Waals surface area contributed by atoms with Crippen LogP contribution in [0.5, 0.6) is 5.75 Å². The average molecular weight is 409 g/mol. The lowest BCUT2D eigenvalue weighted by molar-refractivity contribution is 0.101. The molecule has 0 spiro atoms. The monoisotopic (exact) mass is 408 g/mol. The van der Waals surface area contributed by atoms with Crippen LogP contribution in [0.25, 0.3) is 0 Å². The zero-order valence-electron chi connectivity index (χ0n) is 15.9. The minimum absolute atomic E-state index is 0.281. The minimum Gasteiger partial charge on any atom is -0.494 e. The van der Waals surface area contributed by atoms with E-state index in [1.54, 1.807) is 60.7 Å². The zero-order valence-corrected chi connectivity index (χ0v) is 16.7. The summed E-state index contributed by atoms with van der Waals surface area (Å²) in [6.07, 6.45) is 0.888. The molecule has 0 aliphatic rings. The fraction of sp³-hybridized carbons (Fsp3) is 0.130. The van der Waals surface area contributed by atoms with Crippen LogP contribution in [0.1, 0.15) is 34.1 Å². The van der Waals surface area contributed by atoms with Crippen molar-refractivity contribution in [2.24, 2.45) is 0 Å². The fourth-order valence-corrected chi connectivity index (χ4v) is 2.80. The predicted octanol–water partition coefficient (Wildman–Crippen LogP) is 5.63. The van der Waals surface area contributed by atoms with Gasteiger partial charge in [-0.25, -0.2) is 0 Å². The average Bonchev–Trinajstić information content (AvgIpc) is 2.75. The van der Waals surface area contributed by atoms with E-state index in [9.17, 15) is 9.59 Å². The van der Waals surface area contributed by atoms with Crippen LogP contribution in [0.3, 0.4) is 0 Å². The number of halogens is 1. The van der Waals surface area contributed by atoms with E-state index < -0.39 is 0 Å². The summed E-state index contributed by atoms with van der Waals surface area (Å²) in [4.78, 5) is 25.0. The molecular formula is C23H21ClN2O3. The lowest BCUT2D eigenvalue weighted by Gasteiger charge is -2.11. The van der Waals surface area contributed by atoms with Crippen LogP contribution >= 0.6 is 11.6 Å². The van der Waals surface area contributed by atoms with Crippen molar-refractivity contribution >= 4 is 34.8 Å². The third-order valence-corrected chi connectivity index (χ3v) is 4.41. The molecule has 2 amide bonds. The number of hydrogen-bond donors (Lipinski definition) is 2. The quantitative estimate of drug-likeness (QED) is 0.532. The van der Waals surface area contributed by atoms with Crippen molar-refractivity contribution in [2.75, 3.05) is 17.2 Å². The van der Waals surface area contributed by atoms with Gasteiger partial charge in [0, 0.05) is 16.8 Å². The Morgan fingerprint density at radius 2 is 1.59 bits per heavy atom. The van der Waals surface area contributed by atoms with Crippen molar-refractivity contribution in [3.63, 3.8) is 0 Å². The van der Waals surface area contributed by atoms with Gasteiger partial charge in [-0.2, -0.15) is 0 Å². The Morgan fingerprint density at radius 3 is 2.34 bits per heavy atom. The summed E-state index contributed by atoms with van der Waals surface area (Å²) < 4.78 is 5.57. The fourth-order valence-electron chi connectivity index (χ4n) is 2.63. The zero-order chi connectivity index (χ0) is 20.6. The highest BCUT2D eigenvalue weighted by molar-refractivity contribution is 6.34. The summed E-state index contributed by atoms with van der Waals surface area (Å²) in [7, 11) is 0. The van der Waals surface area contributed by atoms with E-state index in [0.717, 1.165) is 6.42 Å². The molecule has 0 radical (unpaired) electrons. The molecule has 0 aliphatic carbocycles. The predicted molar refractivity (Wildman–Crippen MR) is 116 cm³/mol. The number of amides is 2. The van der Waals surface area contributed by atoms with Gasteiger partial charge in [-0.1, -0.05) is 42.8 Å². The van der Waals surface area contributed by atoms with Gasteiger partial charge in [0.15, 0.2) is 0 Å². The van der Waals surface area contributed by atoms with Crippen LogP contribution in [0.2, 0.25) is 5.02 Å². The van der Waals surface area contributed by atoms with E-state index in [1.807, 2.05) is 19.1 Å². The summed E-state index contributed by atoms with van der Waals surface area (Å²) in [6, 6.07) is 20.7. The van der Waals surface area contributed by atoms with E-state index >= 15 is 0 Å². The van der Waals surface area contributed by atoms with E-state index in [0.29, 0.717) is 39.9 Å². The molecule has 0 atom stereocenters. The lowest BCUT2D eigenvalue weighted by Crippen LogP contribution is -2.14. The number of anilines is 2. The maximum absolute atomic E-state index is 12.6. The molecule has 148 valence electrons. The second kappa shape index (κ2) is 9.75. The molecule has 0 unspecified atom stereocenters. The number of hydrogen-bond acceptors (Lipinski definition) is 3. The number of nitrogens with one attached hydrogen (secondary N) is 2. The highest BCUT2D eigenvalue weighted by Crippen LogP contribution is 2.26. The lowest BCUT2D eigenvalue weighted by atomic mass is 10.2. The maximum atomic E-state index is 12.6. The Hall–Kier alpha value is -3.31. The Morgan fingerprint density at radius 1 is 0.862 bits per heavy atom. The molecule has 0 fully saturated rings. The molecule has 2 N–H and O–H groups in total. The second-order valence-electron chi connectivity index (χ2n) is 6.35. The summed E-state index contributed by atoms with van der Waals surface area (Å²) in [5, 5.41) is 5.96. The topological polar surface area (TPSA) is 67.4 Å². The van der Waals surface area contributed by atoms with Crippen LogP contribution in [-0.2, 0) is 0 Å². The van der Waals surface area contributed by atoms with Crippen molar-refractivity contribution in [1.29, 1.82) is 0 Å². The van der Waals surface area contributed by atoms with Gasteiger partial charge in [0.05, 0.1) is 17.3 Å². The Balaban J connectivity index is 1.72. The first-order valence-electron chi connectivity index (χ1n) is 9.27. The molecule has 3 rings (SSSR count). The molecule has 0 aromatic heterocycles. The minimum atomic E-state index is -0.283. The van der Waals surface area contributed by atoms with Crippen molar-refractivity contribution in [3.05, 3.63) is 88.9 Å². The highest BCUT2D eigenvalue weighted by Gasteiger charge is 2.12. The van der Waals surface area contributed by atoms with Crippen LogP contribution in [0.15, 0.2) is 72.8 Å². The van der Waals surface area contributed by atoms with Gasteiger partial charge in [-0.3, -0.25) is 9.59 Å². The van der Waals surface area contributed by atoms with E-state index in [1.165, 1.54) is 0 Å². The third-order valence-electron chi connectivity index (χ3n) is 4.08. The molecule has 3 aromatic carbocycles. The van der Waals surface area contributed by atoms with Crippen LogP contribution in [-0.4, -0.2) is 18.4 Å². The van der Waals surface area contributed by atoms with Crippen molar-refractivity contribution < 1.29 is 14.3 Å². The molecule has 0 bridgehead atoms. The second-order valence-corrected chi connectivity index (χ2v) is 6.75. The Bertz CT molecular complexity index is 1010. The van der Waals surface area contributed by atoms with Gasteiger partial charge in [0.1, 0.15) is 5.75 Å². The van der Waals surface area contributed by atoms with Crippen LogP contribution < -0.4 is 15.4 Å². The molecule has 6 heteroatoms. The molecule has 0 saturated heterocycles. The van der Waals surface area contributed by atoms with Gasteiger partial charge in [0.2, 0.25) is 0 Å². The van der Waals surface area contributed by atoms with Gasteiger partial charge >= 0.3 is 0 Å².